The van der Waals surface area contributed by atoms with Crippen LogP contribution in [-0.4, -0.2) is 63.7 Å². The van der Waals surface area contributed by atoms with Gasteiger partial charge in [-0.1, -0.05) is 12.2 Å². The summed E-state index contributed by atoms with van der Waals surface area (Å²) in [4.78, 5) is 43.5. The molecule has 0 radical (unpaired) electrons. The van der Waals surface area contributed by atoms with E-state index >= 15 is 0 Å². The van der Waals surface area contributed by atoms with E-state index in [9.17, 15) is 14.4 Å². The molecule has 1 saturated heterocycles. The Labute approximate surface area is 209 Å². The van der Waals surface area contributed by atoms with E-state index in [0.29, 0.717) is 32.1 Å². The van der Waals surface area contributed by atoms with Gasteiger partial charge in [-0.2, -0.15) is 5.10 Å². The van der Waals surface area contributed by atoms with Gasteiger partial charge >= 0.3 is 5.69 Å². The monoisotopic (exact) mass is 569 g/mol. The van der Waals surface area contributed by atoms with Crippen molar-refractivity contribution >= 4 is 41.8 Å². The fourth-order valence-electron chi connectivity index (χ4n) is 5.72. The van der Waals surface area contributed by atoms with Crippen LogP contribution in [0.4, 0.5) is 0 Å². The standard InChI is InChI=1S/C22H31N7O3.HI/c1-23-21(24-8-4-11-29-22(32)27-10-3-2-5-16(27)26-29)25-9-12-28-19(30)17-14-6-7-15(13-14)18(17)20(28)31;/h6-7,14-15,17-18H,2-5,8-13H2,1H3,(H2,23,24,25);1H. The molecule has 10 nitrogen and oxygen atoms in total. The Bertz CT molecular complexity index is 1000. The first-order valence-electron chi connectivity index (χ1n) is 11.7. The summed E-state index contributed by atoms with van der Waals surface area (Å²) in [5.41, 5.74) is -0.0180. The van der Waals surface area contributed by atoms with E-state index in [2.05, 4.69) is 32.9 Å². The second-order valence-corrected chi connectivity index (χ2v) is 9.14. The predicted octanol–water partition coefficient (Wildman–Crippen LogP) is 0.361. The van der Waals surface area contributed by atoms with Crippen molar-refractivity contribution in [1.82, 2.24) is 29.9 Å². The molecular formula is C22H32IN7O3. The number of imide groups is 1. The largest absolute Gasteiger partial charge is 0.356 e. The van der Waals surface area contributed by atoms with Gasteiger partial charge in [0.15, 0.2) is 5.96 Å². The molecule has 2 fully saturated rings. The van der Waals surface area contributed by atoms with Crippen LogP contribution in [0.5, 0.6) is 0 Å². The van der Waals surface area contributed by atoms with Gasteiger partial charge in [-0.3, -0.25) is 24.0 Å². The third-order valence-electron chi connectivity index (χ3n) is 7.28. The van der Waals surface area contributed by atoms with E-state index in [4.69, 9.17) is 0 Å². The number of aryl methyl sites for hydroxylation is 2. The molecule has 2 amide bonds. The van der Waals surface area contributed by atoms with E-state index < -0.39 is 0 Å². The second-order valence-electron chi connectivity index (χ2n) is 9.14. The highest BCUT2D eigenvalue weighted by Crippen LogP contribution is 2.52. The zero-order valence-corrected chi connectivity index (χ0v) is 21.2. The fraction of sp³-hybridized carbons (Fsp3) is 0.682. The maximum atomic E-state index is 12.7. The number of nitrogens with one attached hydrogen (secondary N) is 2. The number of carbonyl (C=O) groups is 2. The van der Waals surface area contributed by atoms with Crippen LogP contribution in [0.25, 0.3) is 0 Å². The summed E-state index contributed by atoms with van der Waals surface area (Å²) in [5, 5.41) is 10.9. The highest BCUT2D eigenvalue weighted by Gasteiger charge is 2.58. The molecule has 180 valence electrons. The molecule has 3 heterocycles. The molecule has 1 aromatic heterocycles. The number of fused-ring (bicyclic) bond motifs is 6. The number of amides is 2. The Balaban J connectivity index is 0.00000259. The lowest BCUT2D eigenvalue weighted by molar-refractivity contribution is -0.140. The van der Waals surface area contributed by atoms with Crippen LogP contribution >= 0.6 is 24.0 Å². The third-order valence-corrected chi connectivity index (χ3v) is 7.28. The Morgan fingerprint density at radius 1 is 1.06 bits per heavy atom. The maximum absolute atomic E-state index is 12.7. The van der Waals surface area contributed by atoms with Crippen LogP contribution in [0.15, 0.2) is 21.9 Å². The zero-order chi connectivity index (χ0) is 22.2. The first kappa shape index (κ1) is 24.0. The molecule has 5 rings (SSSR count). The zero-order valence-electron chi connectivity index (χ0n) is 18.9. The van der Waals surface area contributed by atoms with Crippen molar-refractivity contribution in [2.45, 2.75) is 45.2 Å². The first-order chi connectivity index (χ1) is 15.6. The van der Waals surface area contributed by atoms with Gasteiger partial charge in [0.1, 0.15) is 5.82 Å². The quantitative estimate of drug-likeness (QED) is 0.123. The fourth-order valence-corrected chi connectivity index (χ4v) is 5.72. The molecule has 2 bridgehead atoms. The molecule has 4 unspecified atom stereocenters. The van der Waals surface area contributed by atoms with Gasteiger partial charge in [-0.05, 0) is 37.5 Å². The van der Waals surface area contributed by atoms with Crippen LogP contribution < -0.4 is 16.3 Å². The predicted molar refractivity (Wildman–Crippen MR) is 133 cm³/mol. The molecule has 4 aliphatic rings. The van der Waals surface area contributed by atoms with Crippen LogP contribution in [0.1, 0.15) is 31.5 Å². The third kappa shape index (κ3) is 4.35. The summed E-state index contributed by atoms with van der Waals surface area (Å²) in [6.07, 6.45) is 8.90. The summed E-state index contributed by atoms with van der Waals surface area (Å²) >= 11 is 0. The molecule has 0 spiro atoms. The van der Waals surface area contributed by atoms with E-state index in [1.807, 2.05) is 0 Å². The van der Waals surface area contributed by atoms with E-state index in [1.54, 1.807) is 16.3 Å². The number of halogens is 1. The van der Waals surface area contributed by atoms with Crippen molar-refractivity contribution in [1.29, 1.82) is 0 Å². The lowest BCUT2D eigenvalue weighted by Crippen LogP contribution is -2.44. The number of allylic oxidation sites excluding steroid dienone is 2. The van der Waals surface area contributed by atoms with E-state index in [1.165, 1.54) is 4.90 Å². The number of aliphatic imine (C=N–C) groups is 1. The van der Waals surface area contributed by atoms with Gasteiger partial charge in [-0.25, -0.2) is 9.48 Å². The molecule has 0 aromatic carbocycles. The molecule has 2 aliphatic heterocycles. The Hall–Kier alpha value is -2.18. The molecule has 4 atom stereocenters. The van der Waals surface area contributed by atoms with Gasteiger partial charge in [0, 0.05) is 46.2 Å². The molecule has 1 aromatic rings. The highest BCUT2D eigenvalue weighted by atomic mass is 127. The van der Waals surface area contributed by atoms with Crippen LogP contribution in [0.3, 0.4) is 0 Å². The topological polar surface area (TPSA) is 114 Å². The van der Waals surface area contributed by atoms with Crippen molar-refractivity contribution in [2.24, 2.45) is 28.7 Å². The van der Waals surface area contributed by atoms with Gasteiger partial charge in [0.2, 0.25) is 11.8 Å². The SMILES string of the molecule is CN=C(NCCCn1nc2n(c1=O)CCCC2)NCCN1C(=O)C2C3C=CC(C3)C2C1=O.I. The maximum Gasteiger partial charge on any atom is 0.345 e. The van der Waals surface area contributed by atoms with Gasteiger partial charge in [0.05, 0.1) is 11.8 Å². The average Bonchev–Trinajstić information content (AvgIpc) is 3.55. The van der Waals surface area contributed by atoms with Crippen LogP contribution in [0.2, 0.25) is 0 Å². The molecule has 11 heteroatoms. The van der Waals surface area contributed by atoms with Crippen molar-refractivity contribution in [2.75, 3.05) is 26.7 Å². The molecule has 33 heavy (non-hydrogen) atoms. The summed E-state index contributed by atoms with van der Waals surface area (Å²) in [6.45, 7) is 2.76. The summed E-state index contributed by atoms with van der Waals surface area (Å²) in [7, 11) is 1.68. The number of rotatable bonds is 7. The summed E-state index contributed by atoms with van der Waals surface area (Å²) < 4.78 is 3.34. The summed E-state index contributed by atoms with van der Waals surface area (Å²) in [6, 6.07) is 0. The number of hydrogen-bond acceptors (Lipinski definition) is 5. The minimum absolute atomic E-state index is 0. The van der Waals surface area contributed by atoms with Gasteiger partial charge < -0.3 is 10.6 Å². The Morgan fingerprint density at radius 3 is 2.42 bits per heavy atom. The Morgan fingerprint density at radius 2 is 1.76 bits per heavy atom. The number of nitrogens with zero attached hydrogens (tertiary/aromatic N) is 5. The molecule has 2 N–H and O–H groups in total. The minimum Gasteiger partial charge on any atom is -0.356 e. The lowest BCUT2D eigenvalue weighted by Gasteiger charge is -2.18. The number of guanidine groups is 1. The van der Waals surface area contributed by atoms with Crippen molar-refractivity contribution in [3.05, 3.63) is 28.5 Å². The van der Waals surface area contributed by atoms with Gasteiger partial charge in [0.25, 0.3) is 0 Å². The second kappa shape index (κ2) is 9.98. The normalized spacial score (nSPS) is 27.5. The van der Waals surface area contributed by atoms with Crippen molar-refractivity contribution < 1.29 is 9.59 Å². The number of aromatic nitrogens is 3. The smallest absolute Gasteiger partial charge is 0.345 e. The van der Waals surface area contributed by atoms with Crippen LogP contribution in [-0.2, 0) is 29.1 Å². The van der Waals surface area contributed by atoms with Gasteiger partial charge in [-0.15, -0.1) is 24.0 Å². The van der Waals surface area contributed by atoms with Crippen molar-refractivity contribution in [3.63, 3.8) is 0 Å². The highest BCUT2D eigenvalue weighted by molar-refractivity contribution is 14.0. The van der Waals surface area contributed by atoms with Crippen LogP contribution in [0, 0.1) is 23.7 Å². The number of likely N-dealkylation sites (tertiary alicyclic amines) is 1. The number of hydrogen-bond donors (Lipinski definition) is 2. The lowest BCUT2D eigenvalue weighted by atomic mass is 9.85. The average molecular weight is 569 g/mol. The molecular weight excluding hydrogens is 537 g/mol. The van der Waals surface area contributed by atoms with Crippen molar-refractivity contribution in [3.8, 4) is 0 Å². The first-order valence-corrected chi connectivity index (χ1v) is 11.7. The number of carbonyl (C=O) groups excluding carboxylic acids is 2. The summed E-state index contributed by atoms with van der Waals surface area (Å²) in [5.74, 6) is 1.65. The minimum atomic E-state index is -0.146. The van der Waals surface area contributed by atoms with E-state index in [-0.39, 0.29) is 65.2 Å². The molecule has 2 aliphatic carbocycles. The molecule has 1 saturated carbocycles. The van der Waals surface area contributed by atoms with E-state index in [0.717, 1.165) is 44.5 Å². The Kier molecular flexibility index (Phi) is 7.25.